The standard InChI is InChI=1S/C15H21N3S/c1-2-18(12-9-7-11(16)8-10-12)15-13-5-3-4-6-14(13)17-19-15/h3-6,11-12H,2,7-10,16H2,1H3. The monoisotopic (exact) mass is 275 g/mol. The molecule has 0 atom stereocenters. The number of benzene rings is 1. The molecular weight excluding hydrogens is 254 g/mol. The quantitative estimate of drug-likeness (QED) is 0.933. The number of fused-ring (bicyclic) bond motifs is 1. The average Bonchev–Trinajstić information content (AvgIpc) is 2.86. The van der Waals surface area contributed by atoms with Gasteiger partial charge in [-0.15, -0.1) is 0 Å². The van der Waals surface area contributed by atoms with Gasteiger partial charge in [-0.3, -0.25) is 0 Å². The van der Waals surface area contributed by atoms with E-state index < -0.39 is 0 Å². The molecule has 1 fully saturated rings. The fraction of sp³-hybridized carbons (Fsp3) is 0.533. The second-order valence-electron chi connectivity index (χ2n) is 5.36. The molecule has 3 rings (SSSR count). The number of rotatable bonds is 3. The van der Waals surface area contributed by atoms with Crippen molar-refractivity contribution >= 4 is 27.4 Å². The Morgan fingerprint density at radius 1 is 1.26 bits per heavy atom. The largest absolute Gasteiger partial charge is 0.359 e. The van der Waals surface area contributed by atoms with Crippen LogP contribution in [0.5, 0.6) is 0 Å². The summed E-state index contributed by atoms with van der Waals surface area (Å²) in [6.45, 7) is 3.29. The number of nitrogens with two attached hydrogens (primary N) is 1. The van der Waals surface area contributed by atoms with Gasteiger partial charge in [0.1, 0.15) is 5.00 Å². The molecule has 2 N–H and O–H groups in total. The lowest BCUT2D eigenvalue weighted by atomic mass is 9.91. The third-order valence-corrected chi connectivity index (χ3v) is 5.06. The van der Waals surface area contributed by atoms with Crippen molar-refractivity contribution in [3.63, 3.8) is 0 Å². The van der Waals surface area contributed by atoms with Crippen LogP contribution < -0.4 is 10.6 Å². The van der Waals surface area contributed by atoms with Gasteiger partial charge < -0.3 is 10.6 Å². The first-order valence-corrected chi connectivity index (χ1v) is 7.93. The minimum Gasteiger partial charge on any atom is -0.359 e. The summed E-state index contributed by atoms with van der Waals surface area (Å²) in [7, 11) is 0. The van der Waals surface area contributed by atoms with Crippen molar-refractivity contribution in [2.45, 2.75) is 44.7 Å². The van der Waals surface area contributed by atoms with Crippen molar-refractivity contribution in [2.24, 2.45) is 5.73 Å². The van der Waals surface area contributed by atoms with Gasteiger partial charge in [-0.25, -0.2) is 0 Å². The van der Waals surface area contributed by atoms with E-state index in [1.54, 1.807) is 11.5 Å². The number of aromatic nitrogens is 1. The summed E-state index contributed by atoms with van der Waals surface area (Å²) in [5.41, 5.74) is 7.14. The van der Waals surface area contributed by atoms with E-state index in [9.17, 15) is 0 Å². The highest BCUT2D eigenvalue weighted by Gasteiger charge is 2.25. The number of hydrogen-bond acceptors (Lipinski definition) is 4. The molecule has 1 heterocycles. The first-order valence-electron chi connectivity index (χ1n) is 7.16. The van der Waals surface area contributed by atoms with Crippen LogP contribution in [0.1, 0.15) is 32.6 Å². The van der Waals surface area contributed by atoms with E-state index in [0.717, 1.165) is 24.9 Å². The maximum Gasteiger partial charge on any atom is 0.120 e. The second kappa shape index (κ2) is 5.47. The normalized spacial score (nSPS) is 23.7. The maximum absolute atomic E-state index is 6.02. The molecule has 0 amide bonds. The molecule has 1 aliphatic carbocycles. The fourth-order valence-electron chi connectivity index (χ4n) is 3.06. The van der Waals surface area contributed by atoms with Gasteiger partial charge >= 0.3 is 0 Å². The number of nitrogens with zero attached hydrogens (tertiary/aromatic N) is 2. The maximum atomic E-state index is 6.02. The Hall–Kier alpha value is -1.13. The van der Waals surface area contributed by atoms with Gasteiger partial charge in [0.15, 0.2) is 0 Å². The lowest BCUT2D eigenvalue weighted by Crippen LogP contribution is -2.40. The van der Waals surface area contributed by atoms with E-state index in [0.29, 0.717) is 12.1 Å². The predicted molar refractivity (Wildman–Crippen MR) is 82.9 cm³/mol. The van der Waals surface area contributed by atoms with Crippen LogP contribution in [0.4, 0.5) is 5.00 Å². The molecule has 4 heteroatoms. The highest BCUT2D eigenvalue weighted by Crippen LogP contribution is 2.35. The van der Waals surface area contributed by atoms with E-state index in [1.807, 2.05) is 0 Å². The zero-order chi connectivity index (χ0) is 13.2. The zero-order valence-corrected chi connectivity index (χ0v) is 12.2. The van der Waals surface area contributed by atoms with E-state index >= 15 is 0 Å². The van der Waals surface area contributed by atoms with Crippen LogP contribution in [-0.4, -0.2) is 23.0 Å². The Morgan fingerprint density at radius 2 is 2.00 bits per heavy atom. The lowest BCUT2D eigenvalue weighted by Gasteiger charge is -2.36. The van der Waals surface area contributed by atoms with Crippen LogP contribution in [0.2, 0.25) is 0 Å². The van der Waals surface area contributed by atoms with Crippen LogP contribution in [0, 0.1) is 0 Å². The van der Waals surface area contributed by atoms with Crippen molar-refractivity contribution < 1.29 is 0 Å². The molecule has 1 aromatic carbocycles. The number of hydrogen-bond donors (Lipinski definition) is 1. The predicted octanol–water partition coefficient (Wildman–Crippen LogP) is 3.39. The molecule has 0 radical (unpaired) electrons. The summed E-state index contributed by atoms with van der Waals surface area (Å²) < 4.78 is 4.57. The van der Waals surface area contributed by atoms with Crippen molar-refractivity contribution in [3.8, 4) is 0 Å². The molecule has 1 saturated carbocycles. The topological polar surface area (TPSA) is 42.2 Å². The van der Waals surface area contributed by atoms with Crippen molar-refractivity contribution in [3.05, 3.63) is 24.3 Å². The molecule has 0 bridgehead atoms. The molecule has 2 aromatic rings. The van der Waals surface area contributed by atoms with Crippen LogP contribution in [0.3, 0.4) is 0 Å². The molecule has 0 unspecified atom stereocenters. The molecule has 0 aliphatic heterocycles. The molecule has 1 aliphatic rings. The Kier molecular flexibility index (Phi) is 3.71. The van der Waals surface area contributed by atoms with E-state index in [-0.39, 0.29) is 0 Å². The third kappa shape index (κ3) is 2.47. The van der Waals surface area contributed by atoms with Gasteiger partial charge in [-0.1, -0.05) is 12.1 Å². The number of anilines is 1. The van der Waals surface area contributed by atoms with Crippen molar-refractivity contribution in [1.82, 2.24) is 4.37 Å². The first kappa shape index (κ1) is 12.9. The highest BCUT2D eigenvalue weighted by molar-refractivity contribution is 7.11. The van der Waals surface area contributed by atoms with Gasteiger partial charge in [0, 0.05) is 24.0 Å². The van der Waals surface area contributed by atoms with E-state index in [1.165, 1.54) is 23.2 Å². The minimum absolute atomic E-state index is 0.410. The SMILES string of the molecule is CCN(c1snc2ccccc12)C1CCC(N)CC1. The molecule has 1 aromatic heterocycles. The summed E-state index contributed by atoms with van der Waals surface area (Å²) in [4.78, 5) is 2.53. The Balaban J connectivity index is 1.89. The summed E-state index contributed by atoms with van der Waals surface area (Å²) in [6.07, 6.45) is 4.72. The summed E-state index contributed by atoms with van der Waals surface area (Å²) in [6, 6.07) is 9.49. The van der Waals surface area contributed by atoms with Gasteiger partial charge in [0.2, 0.25) is 0 Å². The molecule has 3 nitrogen and oxygen atoms in total. The summed E-state index contributed by atoms with van der Waals surface area (Å²) in [5, 5.41) is 2.63. The summed E-state index contributed by atoms with van der Waals surface area (Å²) >= 11 is 1.63. The summed E-state index contributed by atoms with van der Waals surface area (Å²) in [5.74, 6) is 0. The zero-order valence-electron chi connectivity index (χ0n) is 11.4. The van der Waals surface area contributed by atoms with Crippen LogP contribution in [0.15, 0.2) is 24.3 Å². The van der Waals surface area contributed by atoms with Crippen LogP contribution in [-0.2, 0) is 0 Å². The molecule has 0 saturated heterocycles. The first-order chi connectivity index (χ1) is 9.29. The Bertz CT molecular complexity index is 543. The smallest absolute Gasteiger partial charge is 0.120 e. The van der Waals surface area contributed by atoms with Crippen molar-refractivity contribution in [1.29, 1.82) is 0 Å². The Morgan fingerprint density at radius 3 is 2.74 bits per heavy atom. The Labute approximate surface area is 118 Å². The van der Waals surface area contributed by atoms with Gasteiger partial charge in [-0.2, -0.15) is 4.37 Å². The van der Waals surface area contributed by atoms with Gasteiger partial charge in [0.25, 0.3) is 0 Å². The van der Waals surface area contributed by atoms with Gasteiger partial charge in [0.05, 0.1) is 5.52 Å². The molecule has 0 spiro atoms. The average molecular weight is 275 g/mol. The van der Waals surface area contributed by atoms with E-state index in [2.05, 4.69) is 40.5 Å². The molecule has 19 heavy (non-hydrogen) atoms. The van der Waals surface area contributed by atoms with E-state index in [4.69, 9.17) is 5.73 Å². The fourth-order valence-corrected chi connectivity index (χ4v) is 4.06. The van der Waals surface area contributed by atoms with Crippen LogP contribution >= 0.6 is 11.5 Å². The van der Waals surface area contributed by atoms with Gasteiger partial charge in [-0.05, 0) is 56.3 Å². The lowest BCUT2D eigenvalue weighted by molar-refractivity contribution is 0.379. The van der Waals surface area contributed by atoms with Crippen molar-refractivity contribution in [2.75, 3.05) is 11.4 Å². The molecular formula is C15H21N3S. The van der Waals surface area contributed by atoms with Crippen LogP contribution in [0.25, 0.3) is 10.9 Å². The second-order valence-corrected chi connectivity index (χ2v) is 6.11. The third-order valence-electron chi connectivity index (χ3n) is 4.15. The minimum atomic E-state index is 0.410. The molecule has 102 valence electrons. The highest BCUT2D eigenvalue weighted by atomic mass is 32.1.